The lowest BCUT2D eigenvalue weighted by atomic mass is 9.94. The zero-order chi connectivity index (χ0) is 24.4. The zero-order valence-electron chi connectivity index (χ0n) is 18.2. The molecule has 0 bridgehead atoms. The number of ketones is 1. The van der Waals surface area contributed by atoms with Crippen molar-refractivity contribution in [1.29, 1.82) is 0 Å². The minimum absolute atomic E-state index is 0.121. The quantitative estimate of drug-likeness (QED) is 0.269. The number of likely N-dealkylation sites (tertiary alicyclic amines) is 1. The van der Waals surface area contributed by atoms with E-state index in [0.29, 0.717) is 16.5 Å². The smallest absolute Gasteiger partial charge is 0.295 e. The Morgan fingerprint density at radius 1 is 1.09 bits per heavy atom. The molecule has 6 nitrogen and oxygen atoms in total. The number of aliphatic hydroxyl groups excluding tert-OH is 1. The van der Waals surface area contributed by atoms with E-state index < -0.39 is 29.3 Å². The molecule has 3 aromatic carbocycles. The van der Waals surface area contributed by atoms with Gasteiger partial charge in [-0.25, -0.2) is 4.39 Å². The third-order valence-corrected chi connectivity index (χ3v) is 6.33. The van der Waals surface area contributed by atoms with E-state index >= 15 is 0 Å². The number of phenols is 1. The highest BCUT2D eigenvalue weighted by Crippen LogP contribution is 2.44. The summed E-state index contributed by atoms with van der Waals surface area (Å²) >= 11 is 3.28. The number of nitrogens with zero attached hydrogens (tertiary/aromatic N) is 1. The van der Waals surface area contributed by atoms with Crippen molar-refractivity contribution in [2.24, 2.45) is 0 Å². The molecule has 1 unspecified atom stereocenters. The number of benzene rings is 3. The number of hydrogen-bond acceptors (Lipinski definition) is 5. The standard InChI is InChI=1S/C26H21BrFNO5/c1-34-20-14-17(13-19(27)24(20)31)22-21(23(30)16-7-9-18(28)10-8-16)25(32)26(33)29(22)12-11-15-5-3-2-4-6-15/h2-10,13-14,22,30-31H,11-12H2,1H3. The van der Waals surface area contributed by atoms with Gasteiger partial charge in [-0.05, 0) is 69.9 Å². The lowest BCUT2D eigenvalue weighted by Gasteiger charge is -2.26. The highest BCUT2D eigenvalue weighted by Gasteiger charge is 2.46. The van der Waals surface area contributed by atoms with Gasteiger partial charge in [0.2, 0.25) is 0 Å². The van der Waals surface area contributed by atoms with Gasteiger partial charge in [0.1, 0.15) is 11.6 Å². The van der Waals surface area contributed by atoms with E-state index in [2.05, 4.69) is 15.9 Å². The molecule has 0 aromatic heterocycles. The monoisotopic (exact) mass is 525 g/mol. The van der Waals surface area contributed by atoms with Crippen LogP contribution < -0.4 is 4.74 Å². The lowest BCUT2D eigenvalue weighted by molar-refractivity contribution is -0.139. The molecule has 0 saturated carbocycles. The molecule has 1 fully saturated rings. The lowest BCUT2D eigenvalue weighted by Crippen LogP contribution is -2.31. The second-order valence-corrected chi connectivity index (χ2v) is 8.64. The number of aromatic hydroxyl groups is 1. The van der Waals surface area contributed by atoms with E-state index in [0.717, 1.165) is 17.7 Å². The Labute approximate surface area is 204 Å². The van der Waals surface area contributed by atoms with Gasteiger partial charge in [-0.3, -0.25) is 9.59 Å². The molecule has 3 aromatic rings. The highest BCUT2D eigenvalue weighted by atomic mass is 79.9. The molecule has 1 atom stereocenters. The van der Waals surface area contributed by atoms with Crippen LogP contribution in [0.1, 0.15) is 22.7 Å². The van der Waals surface area contributed by atoms with Crippen molar-refractivity contribution >= 4 is 33.4 Å². The summed E-state index contributed by atoms with van der Waals surface area (Å²) in [5.41, 5.74) is 1.52. The van der Waals surface area contributed by atoms with Gasteiger partial charge < -0.3 is 19.8 Å². The van der Waals surface area contributed by atoms with E-state index in [1.54, 1.807) is 6.07 Å². The van der Waals surface area contributed by atoms with Gasteiger partial charge in [-0.1, -0.05) is 30.3 Å². The van der Waals surface area contributed by atoms with Gasteiger partial charge in [0.15, 0.2) is 11.5 Å². The summed E-state index contributed by atoms with van der Waals surface area (Å²) in [6.45, 7) is 0.209. The van der Waals surface area contributed by atoms with Crippen LogP contribution in [-0.4, -0.2) is 40.5 Å². The van der Waals surface area contributed by atoms with Crippen molar-refractivity contribution in [3.8, 4) is 11.5 Å². The van der Waals surface area contributed by atoms with Gasteiger partial charge in [0.05, 0.1) is 23.2 Å². The van der Waals surface area contributed by atoms with Gasteiger partial charge in [-0.2, -0.15) is 0 Å². The molecular formula is C26H21BrFNO5. The Hall–Kier alpha value is -3.65. The van der Waals surface area contributed by atoms with E-state index in [-0.39, 0.29) is 29.2 Å². The van der Waals surface area contributed by atoms with Crippen LogP contribution in [0, 0.1) is 5.82 Å². The predicted molar refractivity (Wildman–Crippen MR) is 128 cm³/mol. The summed E-state index contributed by atoms with van der Waals surface area (Å²) in [7, 11) is 1.39. The average Bonchev–Trinajstić information content (AvgIpc) is 3.10. The third kappa shape index (κ3) is 4.41. The van der Waals surface area contributed by atoms with Crippen molar-refractivity contribution in [2.75, 3.05) is 13.7 Å². The molecule has 2 N–H and O–H groups in total. The Morgan fingerprint density at radius 2 is 1.76 bits per heavy atom. The summed E-state index contributed by atoms with van der Waals surface area (Å²) in [5, 5.41) is 21.3. The van der Waals surface area contributed by atoms with E-state index in [1.165, 1.54) is 30.2 Å². The number of phenolic OH excluding ortho intramolecular Hbond substituents is 1. The molecule has 4 rings (SSSR count). The van der Waals surface area contributed by atoms with Crippen molar-refractivity contribution in [3.63, 3.8) is 0 Å². The first-order chi connectivity index (χ1) is 16.3. The van der Waals surface area contributed by atoms with E-state index in [1.807, 2.05) is 30.3 Å². The van der Waals surface area contributed by atoms with Crippen molar-refractivity contribution < 1.29 is 28.9 Å². The number of rotatable bonds is 6. The average molecular weight is 526 g/mol. The van der Waals surface area contributed by atoms with Gasteiger partial charge >= 0.3 is 0 Å². The minimum Gasteiger partial charge on any atom is -0.507 e. The number of methoxy groups -OCH3 is 1. The number of carbonyl (C=O) groups excluding carboxylic acids is 2. The number of aliphatic hydroxyl groups is 1. The van der Waals surface area contributed by atoms with Crippen molar-refractivity contribution in [2.45, 2.75) is 12.5 Å². The minimum atomic E-state index is -0.945. The van der Waals surface area contributed by atoms with Gasteiger partial charge in [0.25, 0.3) is 11.7 Å². The topological polar surface area (TPSA) is 87.1 Å². The normalized spacial score (nSPS) is 17.3. The number of ether oxygens (including phenoxy) is 1. The maximum atomic E-state index is 13.4. The molecule has 1 aliphatic heterocycles. The summed E-state index contributed by atoms with van der Waals surface area (Å²) in [4.78, 5) is 27.6. The first-order valence-corrected chi connectivity index (χ1v) is 11.3. The van der Waals surface area contributed by atoms with E-state index in [4.69, 9.17) is 4.74 Å². The molecule has 174 valence electrons. The summed E-state index contributed by atoms with van der Waals surface area (Å²) < 4.78 is 19.0. The predicted octanol–water partition coefficient (Wildman–Crippen LogP) is 4.97. The molecule has 1 amide bonds. The zero-order valence-corrected chi connectivity index (χ0v) is 19.8. The number of carbonyl (C=O) groups is 2. The van der Waals surface area contributed by atoms with Crippen LogP contribution in [0.15, 0.2) is 76.8 Å². The second-order valence-electron chi connectivity index (χ2n) is 7.79. The number of hydrogen-bond donors (Lipinski definition) is 2. The highest BCUT2D eigenvalue weighted by molar-refractivity contribution is 9.10. The fraction of sp³-hybridized carbons (Fsp3) is 0.154. The Kier molecular flexibility index (Phi) is 6.70. The summed E-state index contributed by atoms with van der Waals surface area (Å²) in [5.74, 6) is -2.50. The largest absolute Gasteiger partial charge is 0.507 e. The van der Waals surface area contributed by atoms with Crippen LogP contribution in [0.4, 0.5) is 4.39 Å². The molecule has 8 heteroatoms. The molecule has 0 aliphatic carbocycles. The van der Waals surface area contributed by atoms with Crippen molar-refractivity contribution in [3.05, 3.63) is 99.3 Å². The molecule has 1 saturated heterocycles. The molecule has 1 aliphatic rings. The first kappa shape index (κ1) is 23.5. The molecule has 34 heavy (non-hydrogen) atoms. The maximum Gasteiger partial charge on any atom is 0.295 e. The third-order valence-electron chi connectivity index (χ3n) is 5.73. The van der Waals surface area contributed by atoms with Crippen molar-refractivity contribution in [1.82, 2.24) is 4.90 Å². The molecule has 0 radical (unpaired) electrons. The van der Waals surface area contributed by atoms with Gasteiger partial charge in [0, 0.05) is 12.1 Å². The molecular weight excluding hydrogens is 505 g/mol. The number of Topliss-reactive ketones (excluding diaryl/α,β-unsaturated/α-hetero) is 1. The Balaban J connectivity index is 1.85. The molecule has 0 spiro atoms. The first-order valence-electron chi connectivity index (χ1n) is 10.5. The van der Waals surface area contributed by atoms with Crippen LogP contribution >= 0.6 is 15.9 Å². The Morgan fingerprint density at radius 3 is 2.41 bits per heavy atom. The van der Waals surface area contributed by atoms with E-state index in [9.17, 15) is 24.2 Å². The van der Waals surface area contributed by atoms with Crippen LogP contribution in [-0.2, 0) is 16.0 Å². The summed E-state index contributed by atoms with van der Waals surface area (Å²) in [6.07, 6.45) is 0.483. The maximum absolute atomic E-state index is 13.4. The Bertz CT molecular complexity index is 1270. The summed E-state index contributed by atoms with van der Waals surface area (Å²) in [6, 6.07) is 16.7. The van der Waals surface area contributed by atoms with Crippen LogP contribution in [0.3, 0.4) is 0 Å². The fourth-order valence-corrected chi connectivity index (χ4v) is 4.48. The van der Waals surface area contributed by atoms with Crippen LogP contribution in [0.25, 0.3) is 5.76 Å². The molecule has 1 heterocycles. The SMILES string of the molecule is COc1cc(C2C(=C(O)c3ccc(F)cc3)C(=O)C(=O)N2CCc2ccccc2)cc(Br)c1O. The fourth-order valence-electron chi connectivity index (χ4n) is 4.02. The van der Waals surface area contributed by atoms with Crippen LogP contribution in [0.5, 0.6) is 11.5 Å². The number of halogens is 2. The second kappa shape index (κ2) is 9.69. The number of amides is 1. The van der Waals surface area contributed by atoms with Gasteiger partial charge in [-0.15, -0.1) is 0 Å². The van der Waals surface area contributed by atoms with Crippen LogP contribution in [0.2, 0.25) is 0 Å².